The molecule has 0 aliphatic heterocycles. The van der Waals surface area contributed by atoms with Crippen LogP contribution in [0.2, 0.25) is 0 Å². The molecular weight excluding hydrogens is 314 g/mol. The largest absolute Gasteiger partial charge is 0.481 e. The number of carbonyl (C=O) groups is 1. The zero-order valence-corrected chi connectivity index (χ0v) is 12.4. The van der Waals surface area contributed by atoms with E-state index in [0.29, 0.717) is 16.1 Å². The van der Waals surface area contributed by atoms with E-state index in [2.05, 4.69) is 4.72 Å². The van der Waals surface area contributed by atoms with Gasteiger partial charge in [-0.2, -0.15) is 0 Å². The van der Waals surface area contributed by atoms with Gasteiger partial charge < -0.3 is 10.2 Å². The fourth-order valence-corrected chi connectivity index (χ4v) is 4.04. The van der Waals surface area contributed by atoms with Crippen LogP contribution >= 0.6 is 11.3 Å². The molecule has 0 aliphatic rings. The third-order valence-corrected chi connectivity index (χ3v) is 5.57. The van der Waals surface area contributed by atoms with E-state index in [0.717, 1.165) is 11.3 Å². The molecule has 1 aromatic heterocycles. The molecule has 1 aromatic carbocycles. The number of nitrogens with one attached hydrogen (secondary N) is 1. The molecule has 21 heavy (non-hydrogen) atoms. The van der Waals surface area contributed by atoms with Gasteiger partial charge in [-0.25, -0.2) is 8.42 Å². The highest BCUT2D eigenvalue weighted by molar-refractivity contribution is 7.94. The summed E-state index contributed by atoms with van der Waals surface area (Å²) in [6, 6.07) is 9.20. The van der Waals surface area contributed by atoms with Gasteiger partial charge >= 0.3 is 5.97 Å². The monoisotopic (exact) mass is 327 g/mol. The minimum Gasteiger partial charge on any atom is -0.481 e. The van der Waals surface area contributed by atoms with Crippen molar-refractivity contribution in [1.82, 2.24) is 0 Å². The predicted molar refractivity (Wildman–Crippen MR) is 78.8 cm³/mol. The molecule has 0 atom stereocenters. The topological polar surface area (TPSA) is 104 Å². The van der Waals surface area contributed by atoms with Gasteiger partial charge in [-0.15, -0.1) is 11.3 Å². The number of rotatable bonds is 6. The van der Waals surface area contributed by atoms with Crippen molar-refractivity contribution in [1.29, 1.82) is 0 Å². The van der Waals surface area contributed by atoms with Crippen LogP contribution in [0.4, 0.5) is 5.69 Å². The van der Waals surface area contributed by atoms with Crippen molar-refractivity contribution in [2.24, 2.45) is 0 Å². The van der Waals surface area contributed by atoms with Crippen molar-refractivity contribution in [2.45, 2.75) is 17.2 Å². The van der Waals surface area contributed by atoms with E-state index in [1.54, 1.807) is 24.3 Å². The second kappa shape index (κ2) is 6.25. The third kappa shape index (κ3) is 4.03. The SMILES string of the molecule is O=C(O)Cc1ccc(S(=O)(=O)Nc2ccc(CO)cc2)s1. The molecule has 6 nitrogen and oxygen atoms in total. The second-order valence-electron chi connectivity index (χ2n) is 4.25. The first kappa shape index (κ1) is 15.5. The molecule has 2 rings (SSSR count). The predicted octanol–water partition coefficient (Wildman–Crippen LogP) is 1.67. The molecule has 112 valence electrons. The Hall–Kier alpha value is -1.90. The molecule has 0 amide bonds. The van der Waals surface area contributed by atoms with Crippen LogP contribution in [0.15, 0.2) is 40.6 Å². The Labute approximate surface area is 125 Å². The number of carboxylic acid groups (broad SMARTS) is 1. The number of carboxylic acids is 1. The highest BCUT2D eigenvalue weighted by atomic mass is 32.2. The molecule has 0 radical (unpaired) electrons. The lowest BCUT2D eigenvalue weighted by Gasteiger charge is -2.06. The molecule has 0 fully saturated rings. The molecule has 0 saturated carbocycles. The fourth-order valence-electron chi connectivity index (χ4n) is 1.63. The summed E-state index contributed by atoms with van der Waals surface area (Å²) in [5.74, 6) is -1.01. The van der Waals surface area contributed by atoms with Gasteiger partial charge in [-0.3, -0.25) is 9.52 Å². The number of benzene rings is 1. The summed E-state index contributed by atoms with van der Waals surface area (Å²) in [6.45, 7) is -0.115. The Bertz CT molecular complexity index is 734. The Morgan fingerprint density at radius 1 is 1.14 bits per heavy atom. The van der Waals surface area contributed by atoms with E-state index in [4.69, 9.17) is 10.2 Å². The van der Waals surface area contributed by atoms with Crippen LogP contribution in [0.3, 0.4) is 0 Å². The van der Waals surface area contributed by atoms with Crippen molar-refractivity contribution >= 4 is 33.0 Å². The molecule has 2 aromatic rings. The second-order valence-corrected chi connectivity index (χ2v) is 7.33. The first-order chi connectivity index (χ1) is 9.90. The minimum atomic E-state index is -3.73. The van der Waals surface area contributed by atoms with E-state index >= 15 is 0 Å². The number of hydrogen-bond acceptors (Lipinski definition) is 5. The summed E-state index contributed by atoms with van der Waals surface area (Å²) in [4.78, 5) is 11.1. The molecule has 3 N–H and O–H groups in total. The van der Waals surface area contributed by atoms with Gasteiger partial charge in [-0.05, 0) is 29.8 Å². The summed E-state index contributed by atoms with van der Waals surface area (Å²) in [6.07, 6.45) is -0.203. The van der Waals surface area contributed by atoms with Gasteiger partial charge in [0.1, 0.15) is 4.21 Å². The lowest BCUT2D eigenvalue weighted by atomic mass is 10.2. The van der Waals surface area contributed by atoms with Crippen LogP contribution in [0.5, 0.6) is 0 Å². The van der Waals surface area contributed by atoms with E-state index in [-0.39, 0.29) is 17.2 Å². The van der Waals surface area contributed by atoms with Gasteiger partial charge in [0.25, 0.3) is 10.0 Å². The molecule has 0 aliphatic carbocycles. The maximum atomic E-state index is 12.2. The standard InChI is InChI=1S/C13H13NO5S2/c15-8-9-1-3-10(4-2-9)14-21(18,19)13-6-5-11(20-13)7-12(16)17/h1-6,14-15H,7-8H2,(H,16,17). The summed E-state index contributed by atoms with van der Waals surface area (Å²) in [7, 11) is -3.73. The number of anilines is 1. The minimum absolute atomic E-state index is 0.0602. The van der Waals surface area contributed by atoms with E-state index in [9.17, 15) is 13.2 Å². The fraction of sp³-hybridized carbons (Fsp3) is 0.154. The zero-order valence-electron chi connectivity index (χ0n) is 10.8. The van der Waals surface area contributed by atoms with Gasteiger partial charge in [0.2, 0.25) is 0 Å². The lowest BCUT2D eigenvalue weighted by Crippen LogP contribution is -2.11. The first-order valence-electron chi connectivity index (χ1n) is 5.94. The van der Waals surface area contributed by atoms with Crippen LogP contribution in [-0.2, 0) is 27.8 Å². The van der Waals surface area contributed by atoms with E-state index in [1.165, 1.54) is 12.1 Å². The van der Waals surface area contributed by atoms with Crippen LogP contribution in [0.1, 0.15) is 10.4 Å². The number of aliphatic carboxylic acids is 1. The maximum Gasteiger partial charge on any atom is 0.308 e. The third-order valence-electron chi connectivity index (χ3n) is 2.62. The summed E-state index contributed by atoms with van der Waals surface area (Å²) < 4.78 is 26.8. The summed E-state index contributed by atoms with van der Waals surface area (Å²) in [5, 5.41) is 17.6. The van der Waals surface area contributed by atoms with E-state index < -0.39 is 16.0 Å². The van der Waals surface area contributed by atoms with Gasteiger partial charge in [0, 0.05) is 10.6 Å². The van der Waals surface area contributed by atoms with Crippen molar-refractivity contribution in [3.8, 4) is 0 Å². The summed E-state index contributed by atoms with van der Waals surface area (Å²) >= 11 is 0.924. The van der Waals surface area contributed by atoms with Crippen LogP contribution in [0, 0.1) is 0 Å². The van der Waals surface area contributed by atoms with E-state index in [1.807, 2.05) is 0 Å². The number of sulfonamides is 1. The smallest absolute Gasteiger partial charge is 0.308 e. The molecular formula is C13H13NO5S2. The molecule has 1 heterocycles. The van der Waals surface area contributed by atoms with Crippen LogP contribution in [0.25, 0.3) is 0 Å². The van der Waals surface area contributed by atoms with Crippen molar-refractivity contribution in [3.63, 3.8) is 0 Å². The number of hydrogen-bond donors (Lipinski definition) is 3. The zero-order chi connectivity index (χ0) is 15.5. The Balaban J connectivity index is 2.17. The Morgan fingerprint density at radius 3 is 2.38 bits per heavy atom. The molecule has 8 heteroatoms. The van der Waals surface area contributed by atoms with Gasteiger partial charge in [-0.1, -0.05) is 12.1 Å². The average molecular weight is 327 g/mol. The van der Waals surface area contributed by atoms with Crippen molar-refractivity contribution in [3.05, 3.63) is 46.8 Å². The van der Waals surface area contributed by atoms with Crippen molar-refractivity contribution in [2.75, 3.05) is 4.72 Å². The Kier molecular flexibility index (Phi) is 4.61. The normalized spacial score (nSPS) is 11.3. The number of aliphatic hydroxyl groups is 1. The maximum absolute atomic E-state index is 12.2. The first-order valence-corrected chi connectivity index (χ1v) is 8.24. The number of thiophene rings is 1. The molecule has 0 spiro atoms. The quantitative estimate of drug-likeness (QED) is 0.749. The molecule has 0 unspecified atom stereocenters. The average Bonchev–Trinajstić information content (AvgIpc) is 2.88. The van der Waals surface area contributed by atoms with Crippen LogP contribution in [-0.4, -0.2) is 24.6 Å². The van der Waals surface area contributed by atoms with Crippen molar-refractivity contribution < 1.29 is 23.4 Å². The lowest BCUT2D eigenvalue weighted by molar-refractivity contribution is -0.136. The highest BCUT2D eigenvalue weighted by Gasteiger charge is 2.17. The summed E-state index contributed by atoms with van der Waals surface area (Å²) in [5.41, 5.74) is 1.05. The van der Waals surface area contributed by atoms with Crippen LogP contribution < -0.4 is 4.72 Å². The highest BCUT2D eigenvalue weighted by Crippen LogP contribution is 2.24. The van der Waals surface area contributed by atoms with Gasteiger partial charge in [0.05, 0.1) is 13.0 Å². The molecule has 0 saturated heterocycles. The Morgan fingerprint density at radius 2 is 1.81 bits per heavy atom. The molecule has 0 bridgehead atoms. The van der Waals surface area contributed by atoms with Gasteiger partial charge in [0.15, 0.2) is 0 Å². The number of aliphatic hydroxyl groups excluding tert-OH is 1.